The van der Waals surface area contributed by atoms with Gasteiger partial charge in [-0.1, -0.05) is 37.3 Å². The molecule has 1 aromatic carbocycles. The minimum atomic E-state index is -0.326. The van der Waals surface area contributed by atoms with Gasteiger partial charge in [-0.15, -0.1) is 0 Å². The molecule has 0 heterocycles. The predicted octanol–water partition coefficient (Wildman–Crippen LogP) is 1.58. The van der Waals surface area contributed by atoms with E-state index in [0.717, 1.165) is 13.1 Å². The third kappa shape index (κ3) is 3.10. The first-order valence-corrected chi connectivity index (χ1v) is 6.83. The van der Waals surface area contributed by atoms with Crippen molar-refractivity contribution in [1.82, 2.24) is 10.2 Å². The monoisotopic (exact) mass is 248 g/mol. The van der Waals surface area contributed by atoms with E-state index >= 15 is 0 Å². The number of rotatable bonds is 7. The lowest BCUT2D eigenvalue weighted by Gasteiger charge is -2.37. The van der Waals surface area contributed by atoms with E-state index in [2.05, 4.69) is 36.3 Å². The van der Waals surface area contributed by atoms with Crippen molar-refractivity contribution in [2.45, 2.75) is 31.3 Å². The number of aliphatic hydroxyl groups is 1. The molecule has 1 aromatic rings. The lowest BCUT2D eigenvalue weighted by molar-refractivity contribution is 0.118. The van der Waals surface area contributed by atoms with E-state index in [1.54, 1.807) is 0 Å². The first-order chi connectivity index (χ1) is 8.70. The smallest absolute Gasteiger partial charge is 0.0799 e. The highest BCUT2D eigenvalue weighted by Crippen LogP contribution is 2.29. The molecule has 1 fully saturated rings. The summed E-state index contributed by atoms with van der Waals surface area (Å²) in [5, 5.41) is 13.6. The lowest BCUT2D eigenvalue weighted by Crippen LogP contribution is -2.53. The number of hydrogen-bond donors (Lipinski definition) is 2. The predicted molar refractivity (Wildman–Crippen MR) is 74.5 cm³/mol. The summed E-state index contributed by atoms with van der Waals surface area (Å²) in [5.41, 5.74) is 0.854. The highest BCUT2D eigenvalue weighted by Gasteiger charge is 2.37. The number of likely N-dealkylation sites (N-methyl/N-ethyl adjacent to an activating group) is 1. The molecule has 0 spiro atoms. The Morgan fingerprint density at radius 1 is 1.33 bits per heavy atom. The maximum atomic E-state index is 9.96. The fourth-order valence-corrected chi connectivity index (χ4v) is 2.36. The van der Waals surface area contributed by atoms with Crippen molar-refractivity contribution in [2.24, 2.45) is 0 Å². The molecule has 1 atom stereocenters. The lowest BCUT2D eigenvalue weighted by atomic mass is 9.89. The Balaban J connectivity index is 2.23. The average molecular weight is 248 g/mol. The standard InChI is InChI=1S/C15H24N2O/c1-3-17(2)11-15(12-18,16-14-9-10-14)13-7-5-4-6-8-13/h4-8,14,16,18H,3,9-12H2,1-2H3. The van der Waals surface area contributed by atoms with E-state index < -0.39 is 0 Å². The number of nitrogens with zero attached hydrogens (tertiary/aromatic N) is 1. The third-order valence-corrected chi connectivity index (χ3v) is 3.73. The second kappa shape index (κ2) is 5.83. The molecule has 3 heteroatoms. The normalized spacial score (nSPS) is 18.9. The van der Waals surface area contributed by atoms with E-state index in [1.165, 1.54) is 18.4 Å². The number of aliphatic hydroxyl groups excluding tert-OH is 1. The maximum Gasteiger partial charge on any atom is 0.0799 e. The van der Waals surface area contributed by atoms with Crippen LogP contribution in [0.2, 0.25) is 0 Å². The zero-order valence-corrected chi connectivity index (χ0v) is 11.4. The van der Waals surface area contributed by atoms with Gasteiger partial charge in [0.2, 0.25) is 0 Å². The summed E-state index contributed by atoms with van der Waals surface area (Å²) < 4.78 is 0. The minimum absolute atomic E-state index is 0.137. The van der Waals surface area contributed by atoms with Crippen LogP contribution in [-0.4, -0.2) is 42.8 Å². The molecule has 0 aliphatic heterocycles. The van der Waals surface area contributed by atoms with Gasteiger partial charge in [0.25, 0.3) is 0 Å². The second-order valence-corrected chi connectivity index (χ2v) is 5.36. The fourth-order valence-electron chi connectivity index (χ4n) is 2.36. The van der Waals surface area contributed by atoms with Crippen molar-refractivity contribution >= 4 is 0 Å². The molecule has 3 nitrogen and oxygen atoms in total. The molecule has 1 aliphatic carbocycles. The quantitative estimate of drug-likeness (QED) is 0.769. The van der Waals surface area contributed by atoms with Crippen LogP contribution in [0.3, 0.4) is 0 Å². The largest absolute Gasteiger partial charge is 0.394 e. The Morgan fingerprint density at radius 2 is 2.00 bits per heavy atom. The molecule has 2 N–H and O–H groups in total. The van der Waals surface area contributed by atoms with Gasteiger partial charge in [-0.2, -0.15) is 0 Å². The molecular weight excluding hydrogens is 224 g/mol. The van der Waals surface area contributed by atoms with Gasteiger partial charge in [0.05, 0.1) is 12.1 Å². The van der Waals surface area contributed by atoms with E-state index in [1.807, 2.05) is 18.2 Å². The second-order valence-electron chi connectivity index (χ2n) is 5.36. The van der Waals surface area contributed by atoms with Gasteiger partial charge in [-0.05, 0) is 32.0 Å². The van der Waals surface area contributed by atoms with Gasteiger partial charge < -0.3 is 15.3 Å². The molecule has 0 aromatic heterocycles. The van der Waals surface area contributed by atoms with Crippen molar-refractivity contribution < 1.29 is 5.11 Å². The summed E-state index contributed by atoms with van der Waals surface area (Å²) in [7, 11) is 2.10. The number of benzene rings is 1. The molecule has 2 rings (SSSR count). The first-order valence-electron chi connectivity index (χ1n) is 6.83. The molecule has 18 heavy (non-hydrogen) atoms. The molecule has 1 unspecified atom stereocenters. The first kappa shape index (κ1) is 13.5. The molecular formula is C15H24N2O. The summed E-state index contributed by atoms with van der Waals surface area (Å²) in [6.07, 6.45) is 2.45. The Kier molecular flexibility index (Phi) is 4.38. The summed E-state index contributed by atoms with van der Waals surface area (Å²) in [5.74, 6) is 0. The summed E-state index contributed by atoms with van der Waals surface area (Å²) >= 11 is 0. The van der Waals surface area contributed by atoms with Crippen molar-refractivity contribution in [3.8, 4) is 0 Å². The van der Waals surface area contributed by atoms with Crippen LogP contribution >= 0.6 is 0 Å². The highest BCUT2D eigenvalue weighted by atomic mass is 16.3. The topological polar surface area (TPSA) is 35.5 Å². The minimum Gasteiger partial charge on any atom is -0.394 e. The van der Waals surface area contributed by atoms with E-state index in [0.29, 0.717) is 6.04 Å². The molecule has 0 radical (unpaired) electrons. The van der Waals surface area contributed by atoms with Crippen LogP contribution in [0.5, 0.6) is 0 Å². The fraction of sp³-hybridized carbons (Fsp3) is 0.600. The highest BCUT2D eigenvalue weighted by molar-refractivity contribution is 5.26. The van der Waals surface area contributed by atoms with Gasteiger partial charge in [-0.3, -0.25) is 0 Å². The zero-order valence-electron chi connectivity index (χ0n) is 11.4. The summed E-state index contributed by atoms with van der Waals surface area (Å²) in [6, 6.07) is 10.9. The van der Waals surface area contributed by atoms with Gasteiger partial charge in [-0.25, -0.2) is 0 Å². The Morgan fingerprint density at radius 3 is 2.50 bits per heavy atom. The van der Waals surface area contributed by atoms with Crippen LogP contribution in [0.25, 0.3) is 0 Å². The maximum absolute atomic E-state index is 9.96. The number of nitrogens with one attached hydrogen (secondary N) is 1. The molecule has 1 saturated carbocycles. The molecule has 0 saturated heterocycles. The van der Waals surface area contributed by atoms with Crippen molar-refractivity contribution in [1.29, 1.82) is 0 Å². The van der Waals surface area contributed by atoms with Crippen molar-refractivity contribution in [3.63, 3.8) is 0 Å². The molecule has 100 valence electrons. The van der Waals surface area contributed by atoms with Gasteiger partial charge in [0.15, 0.2) is 0 Å². The SMILES string of the molecule is CCN(C)CC(CO)(NC1CC1)c1ccccc1. The van der Waals surface area contributed by atoms with Crippen LogP contribution in [0.4, 0.5) is 0 Å². The van der Waals surface area contributed by atoms with Crippen molar-refractivity contribution in [3.05, 3.63) is 35.9 Å². The van der Waals surface area contributed by atoms with Crippen molar-refractivity contribution in [2.75, 3.05) is 26.7 Å². The van der Waals surface area contributed by atoms with Crippen LogP contribution in [0.1, 0.15) is 25.3 Å². The zero-order chi connectivity index (χ0) is 13.0. The van der Waals surface area contributed by atoms with Gasteiger partial charge >= 0.3 is 0 Å². The van der Waals surface area contributed by atoms with E-state index in [4.69, 9.17) is 0 Å². The van der Waals surface area contributed by atoms with Gasteiger partial charge in [0.1, 0.15) is 0 Å². The van der Waals surface area contributed by atoms with E-state index in [9.17, 15) is 5.11 Å². The van der Waals surface area contributed by atoms with Crippen LogP contribution in [-0.2, 0) is 5.54 Å². The van der Waals surface area contributed by atoms with Crippen LogP contribution in [0.15, 0.2) is 30.3 Å². The molecule has 0 amide bonds. The van der Waals surface area contributed by atoms with Crippen LogP contribution < -0.4 is 5.32 Å². The molecule has 1 aliphatic rings. The summed E-state index contributed by atoms with van der Waals surface area (Å²) in [6.45, 7) is 4.10. The van der Waals surface area contributed by atoms with Gasteiger partial charge in [0, 0.05) is 12.6 Å². The van der Waals surface area contributed by atoms with Crippen LogP contribution in [0, 0.1) is 0 Å². The van der Waals surface area contributed by atoms with E-state index in [-0.39, 0.29) is 12.1 Å². The molecule has 0 bridgehead atoms. The Labute approximate surface area is 110 Å². The Bertz CT molecular complexity index is 364. The third-order valence-electron chi connectivity index (χ3n) is 3.73. The average Bonchev–Trinajstić information content (AvgIpc) is 3.22. The number of hydrogen-bond acceptors (Lipinski definition) is 3. The Hall–Kier alpha value is -0.900. The summed E-state index contributed by atoms with van der Waals surface area (Å²) in [4.78, 5) is 2.25.